The number of carbonyl (C=O) groups excluding carboxylic acids is 1. The fourth-order valence-corrected chi connectivity index (χ4v) is 5.52. The SMILES string of the molecule is CCOC(=O)c1c(-c2cccc(N3CCN(c4ccc([N+](=O)[O-])cc4)CC3)c2)c(-c2ccc(Cl)cc2)n(C)c1Cl. The summed E-state index contributed by atoms with van der Waals surface area (Å²) in [6, 6.07) is 22.2. The molecule has 0 aliphatic carbocycles. The molecule has 0 unspecified atom stereocenters. The molecule has 1 saturated heterocycles. The van der Waals surface area contributed by atoms with Crippen LogP contribution in [0.3, 0.4) is 0 Å². The Morgan fingerprint density at radius 1 is 0.900 bits per heavy atom. The number of piperazine rings is 1. The molecule has 1 fully saturated rings. The first-order valence-electron chi connectivity index (χ1n) is 12.9. The Hall–Kier alpha value is -4.01. The lowest BCUT2D eigenvalue weighted by Gasteiger charge is -2.37. The zero-order valence-corrected chi connectivity index (χ0v) is 23.7. The molecule has 1 aliphatic rings. The molecule has 2 heterocycles. The molecule has 40 heavy (non-hydrogen) atoms. The van der Waals surface area contributed by atoms with Gasteiger partial charge in [-0.25, -0.2) is 4.79 Å². The Balaban J connectivity index is 1.47. The molecule has 0 radical (unpaired) electrons. The van der Waals surface area contributed by atoms with Gasteiger partial charge in [-0.15, -0.1) is 0 Å². The van der Waals surface area contributed by atoms with E-state index in [1.165, 1.54) is 12.1 Å². The number of rotatable bonds is 7. The number of benzene rings is 3. The molecule has 1 aliphatic heterocycles. The number of ether oxygens (including phenoxy) is 1. The minimum absolute atomic E-state index is 0.0837. The summed E-state index contributed by atoms with van der Waals surface area (Å²) in [6.45, 7) is 5.08. The molecule has 0 atom stereocenters. The van der Waals surface area contributed by atoms with Gasteiger partial charge in [0, 0.05) is 67.3 Å². The Morgan fingerprint density at radius 2 is 1.52 bits per heavy atom. The van der Waals surface area contributed by atoms with Crippen molar-refractivity contribution in [1.29, 1.82) is 0 Å². The molecule has 8 nitrogen and oxygen atoms in total. The highest BCUT2D eigenvalue weighted by molar-refractivity contribution is 6.34. The summed E-state index contributed by atoms with van der Waals surface area (Å²) in [5.41, 5.74) is 5.63. The van der Waals surface area contributed by atoms with E-state index in [2.05, 4.69) is 21.9 Å². The van der Waals surface area contributed by atoms with Crippen LogP contribution in [0.5, 0.6) is 0 Å². The van der Waals surface area contributed by atoms with E-state index >= 15 is 0 Å². The third-order valence-corrected chi connectivity index (χ3v) is 7.82. The third kappa shape index (κ3) is 5.37. The molecular formula is C30H28Cl2N4O4. The molecular weight excluding hydrogens is 551 g/mol. The van der Waals surface area contributed by atoms with Gasteiger partial charge in [0.2, 0.25) is 0 Å². The summed E-state index contributed by atoms with van der Waals surface area (Å²) in [5, 5.41) is 11.9. The second-order valence-electron chi connectivity index (χ2n) is 9.47. The molecule has 0 spiro atoms. The van der Waals surface area contributed by atoms with Crippen LogP contribution in [-0.4, -0.2) is 48.2 Å². The average molecular weight is 579 g/mol. The number of carbonyl (C=O) groups is 1. The topological polar surface area (TPSA) is 80.8 Å². The standard InChI is InChI=1S/C30H28Cl2N4O4/c1-3-40-30(37)27-26(28(33(2)29(27)32)20-7-9-22(31)10-8-20)21-5-4-6-25(19-21)35-17-15-34(16-18-35)23-11-13-24(14-12-23)36(38)39/h4-14,19H,3,15-18H2,1-2H3. The second kappa shape index (κ2) is 11.6. The largest absolute Gasteiger partial charge is 0.462 e. The Morgan fingerprint density at radius 3 is 2.12 bits per heavy atom. The lowest BCUT2D eigenvalue weighted by Crippen LogP contribution is -2.46. The normalized spacial score (nSPS) is 13.4. The predicted octanol–water partition coefficient (Wildman–Crippen LogP) is 7.08. The van der Waals surface area contributed by atoms with Gasteiger partial charge in [-0.1, -0.05) is 47.5 Å². The Bertz CT molecular complexity index is 1540. The lowest BCUT2D eigenvalue weighted by molar-refractivity contribution is -0.384. The van der Waals surface area contributed by atoms with Crippen LogP contribution >= 0.6 is 23.2 Å². The van der Waals surface area contributed by atoms with Gasteiger partial charge in [0.15, 0.2) is 0 Å². The third-order valence-electron chi connectivity index (χ3n) is 7.13. The van der Waals surface area contributed by atoms with Crippen molar-refractivity contribution in [3.8, 4) is 22.4 Å². The first kappa shape index (κ1) is 27.6. The molecule has 5 rings (SSSR count). The first-order valence-corrected chi connectivity index (χ1v) is 13.7. The molecule has 0 amide bonds. The predicted molar refractivity (Wildman–Crippen MR) is 160 cm³/mol. The van der Waals surface area contributed by atoms with Crippen LogP contribution < -0.4 is 9.80 Å². The number of hydrogen-bond acceptors (Lipinski definition) is 6. The summed E-state index contributed by atoms with van der Waals surface area (Å²) >= 11 is 12.9. The molecule has 0 saturated carbocycles. The smallest absolute Gasteiger partial charge is 0.341 e. The van der Waals surface area contributed by atoms with Crippen molar-refractivity contribution < 1.29 is 14.5 Å². The van der Waals surface area contributed by atoms with Gasteiger partial charge >= 0.3 is 5.97 Å². The van der Waals surface area contributed by atoms with Crippen LogP contribution in [-0.2, 0) is 11.8 Å². The first-order chi connectivity index (χ1) is 19.3. The van der Waals surface area contributed by atoms with Crippen molar-refractivity contribution in [1.82, 2.24) is 4.57 Å². The van der Waals surface area contributed by atoms with Gasteiger partial charge in [-0.3, -0.25) is 10.1 Å². The summed E-state index contributed by atoms with van der Waals surface area (Å²) in [6.07, 6.45) is 0. The van der Waals surface area contributed by atoms with Crippen molar-refractivity contribution in [3.63, 3.8) is 0 Å². The summed E-state index contributed by atoms with van der Waals surface area (Å²) in [7, 11) is 1.83. The highest BCUT2D eigenvalue weighted by atomic mass is 35.5. The molecule has 1 aromatic heterocycles. The number of nitro benzene ring substituents is 1. The molecule has 206 valence electrons. The van der Waals surface area contributed by atoms with Crippen LogP contribution in [0.4, 0.5) is 17.1 Å². The van der Waals surface area contributed by atoms with E-state index in [4.69, 9.17) is 27.9 Å². The van der Waals surface area contributed by atoms with E-state index in [0.717, 1.165) is 54.4 Å². The van der Waals surface area contributed by atoms with Gasteiger partial charge in [0.1, 0.15) is 10.7 Å². The van der Waals surface area contributed by atoms with Gasteiger partial charge in [-0.05, 0) is 54.4 Å². The Kier molecular flexibility index (Phi) is 8.00. The zero-order chi connectivity index (χ0) is 28.4. The zero-order valence-electron chi connectivity index (χ0n) is 22.1. The average Bonchev–Trinajstić information content (AvgIpc) is 3.24. The van der Waals surface area contributed by atoms with Crippen LogP contribution in [0.2, 0.25) is 10.2 Å². The maximum absolute atomic E-state index is 13.1. The van der Waals surface area contributed by atoms with E-state index in [0.29, 0.717) is 21.3 Å². The van der Waals surface area contributed by atoms with Crippen molar-refractivity contribution >= 4 is 46.2 Å². The number of aromatic nitrogens is 1. The van der Waals surface area contributed by atoms with Crippen LogP contribution in [0.1, 0.15) is 17.3 Å². The van der Waals surface area contributed by atoms with Gasteiger partial charge in [0.05, 0.1) is 17.2 Å². The molecule has 10 heteroatoms. The van der Waals surface area contributed by atoms with Gasteiger partial charge in [0.25, 0.3) is 5.69 Å². The van der Waals surface area contributed by atoms with Crippen molar-refractivity contribution in [2.75, 3.05) is 42.6 Å². The quantitative estimate of drug-likeness (QED) is 0.132. The van der Waals surface area contributed by atoms with Crippen molar-refractivity contribution in [2.24, 2.45) is 7.05 Å². The van der Waals surface area contributed by atoms with E-state index in [1.54, 1.807) is 19.1 Å². The number of anilines is 2. The number of halogens is 2. The number of non-ortho nitro benzene ring substituents is 1. The van der Waals surface area contributed by atoms with E-state index < -0.39 is 5.97 Å². The fourth-order valence-electron chi connectivity index (χ4n) is 5.14. The van der Waals surface area contributed by atoms with Crippen LogP contribution in [0, 0.1) is 10.1 Å². The minimum atomic E-state index is -0.472. The Labute approximate surface area is 242 Å². The second-order valence-corrected chi connectivity index (χ2v) is 10.3. The van der Waals surface area contributed by atoms with E-state index in [1.807, 2.05) is 48.0 Å². The van der Waals surface area contributed by atoms with Crippen LogP contribution in [0.25, 0.3) is 22.4 Å². The molecule has 4 aromatic rings. The number of esters is 1. The molecule has 3 aromatic carbocycles. The monoisotopic (exact) mass is 578 g/mol. The van der Waals surface area contributed by atoms with E-state index in [9.17, 15) is 14.9 Å². The number of nitrogens with zero attached hydrogens (tertiary/aromatic N) is 4. The fraction of sp³-hybridized carbons (Fsp3) is 0.233. The summed E-state index contributed by atoms with van der Waals surface area (Å²) in [4.78, 5) is 28.2. The van der Waals surface area contributed by atoms with Crippen molar-refractivity contribution in [3.05, 3.63) is 98.6 Å². The summed E-state index contributed by atoms with van der Waals surface area (Å²) in [5.74, 6) is -0.472. The molecule has 0 N–H and O–H groups in total. The van der Waals surface area contributed by atoms with Gasteiger partial charge in [-0.2, -0.15) is 0 Å². The van der Waals surface area contributed by atoms with E-state index in [-0.39, 0.29) is 17.2 Å². The minimum Gasteiger partial charge on any atom is -0.462 e. The maximum atomic E-state index is 13.1. The lowest BCUT2D eigenvalue weighted by atomic mass is 9.97. The maximum Gasteiger partial charge on any atom is 0.341 e. The highest BCUT2D eigenvalue weighted by Gasteiger charge is 2.28. The van der Waals surface area contributed by atoms with Crippen molar-refractivity contribution in [2.45, 2.75) is 6.92 Å². The van der Waals surface area contributed by atoms with Crippen LogP contribution in [0.15, 0.2) is 72.8 Å². The molecule has 0 bridgehead atoms. The number of hydrogen-bond donors (Lipinski definition) is 0. The number of nitro groups is 1. The van der Waals surface area contributed by atoms with Gasteiger partial charge < -0.3 is 19.1 Å². The highest BCUT2D eigenvalue weighted by Crippen LogP contribution is 2.42. The summed E-state index contributed by atoms with van der Waals surface area (Å²) < 4.78 is 7.21.